The lowest BCUT2D eigenvalue weighted by atomic mass is 10.1. The van der Waals surface area contributed by atoms with Crippen LogP contribution in [-0.4, -0.2) is 25.2 Å². The lowest BCUT2D eigenvalue weighted by molar-refractivity contribution is -0.139. The van der Waals surface area contributed by atoms with Crippen LogP contribution in [0.1, 0.15) is 38.2 Å². The normalized spacial score (nSPS) is 16.8. The van der Waals surface area contributed by atoms with Crippen LogP contribution in [0, 0.1) is 11.3 Å². The summed E-state index contributed by atoms with van der Waals surface area (Å²) in [5.41, 5.74) is 2.18. The molecule has 22 heavy (non-hydrogen) atoms. The van der Waals surface area contributed by atoms with Crippen molar-refractivity contribution in [3.05, 3.63) is 35.9 Å². The Hall–Kier alpha value is -2.28. The Morgan fingerprint density at radius 3 is 2.45 bits per heavy atom. The molecule has 1 saturated heterocycles. The Morgan fingerprint density at radius 1 is 1.23 bits per heavy atom. The first-order valence-corrected chi connectivity index (χ1v) is 7.82. The first-order valence-electron chi connectivity index (χ1n) is 7.82. The van der Waals surface area contributed by atoms with Crippen molar-refractivity contribution in [2.45, 2.75) is 38.7 Å². The summed E-state index contributed by atoms with van der Waals surface area (Å²) in [7, 11) is 0. The highest BCUT2D eigenvalue weighted by Crippen LogP contribution is 2.20. The highest BCUT2D eigenvalue weighted by atomic mass is 16.5. The van der Waals surface area contributed by atoms with Crippen LogP contribution in [0.15, 0.2) is 30.3 Å². The summed E-state index contributed by atoms with van der Waals surface area (Å²) in [6.45, 7) is 3.78. The van der Waals surface area contributed by atoms with Gasteiger partial charge < -0.3 is 9.64 Å². The lowest BCUT2D eigenvalue weighted by Crippen LogP contribution is -2.23. The Labute approximate surface area is 132 Å². The Bertz CT molecular complexity index is 549. The Morgan fingerprint density at radius 2 is 1.86 bits per heavy atom. The minimum Gasteiger partial charge on any atom is -0.444 e. The highest BCUT2D eigenvalue weighted by molar-refractivity contribution is 5.87. The molecule has 0 spiro atoms. The number of hydrogen-bond donors (Lipinski definition) is 0. The molecule has 0 amide bonds. The molecule has 2 rings (SSSR count). The van der Waals surface area contributed by atoms with Crippen LogP contribution in [-0.2, 0) is 9.53 Å². The lowest BCUT2D eigenvalue weighted by Gasteiger charge is -2.22. The molecule has 4 heteroatoms. The maximum atomic E-state index is 11.5. The van der Waals surface area contributed by atoms with Gasteiger partial charge in [-0.2, -0.15) is 5.26 Å². The monoisotopic (exact) mass is 298 g/mol. The Balaban J connectivity index is 1.94. The minimum atomic E-state index is -0.720. The number of carbonyl (C=O) groups is 1. The second-order valence-corrected chi connectivity index (χ2v) is 5.53. The van der Waals surface area contributed by atoms with Crippen molar-refractivity contribution >= 4 is 17.7 Å². The smallest absolute Gasteiger partial charge is 0.332 e. The SMILES string of the molecule is C[C@@H](C#N)OC(=O)/C=C/c1ccc(N2CCCCCC2)cc1. The summed E-state index contributed by atoms with van der Waals surface area (Å²) in [6, 6.07) is 10.0. The van der Waals surface area contributed by atoms with Crippen molar-refractivity contribution in [3.8, 4) is 6.07 Å². The molecule has 1 aliphatic rings. The third kappa shape index (κ3) is 4.92. The van der Waals surface area contributed by atoms with Gasteiger partial charge >= 0.3 is 5.97 Å². The van der Waals surface area contributed by atoms with E-state index in [4.69, 9.17) is 10.00 Å². The van der Waals surface area contributed by atoms with Gasteiger partial charge in [-0.05, 0) is 43.5 Å². The summed E-state index contributed by atoms with van der Waals surface area (Å²) >= 11 is 0. The molecule has 0 aliphatic carbocycles. The molecule has 0 aromatic heterocycles. The van der Waals surface area contributed by atoms with Crippen LogP contribution >= 0.6 is 0 Å². The van der Waals surface area contributed by atoms with Crippen molar-refractivity contribution in [2.75, 3.05) is 18.0 Å². The summed E-state index contributed by atoms with van der Waals surface area (Å²) in [4.78, 5) is 13.9. The fraction of sp³-hybridized carbons (Fsp3) is 0.444. The standard InChI is InChI=1S/C18H22N2O2/c1-15(14-19)22-18(21)11-8-16-6-9-17(10-7-16)20-12-4-2-3-5-13-20/h6-11,15H,2-5,12-13H2,1H3/b11-8+/t15-/m0/s1. The number of ether oxygens (including phenoxy) is 1. The summed E-state index contributed by atoms with van der Waals surface area (Å²) in [6.07, 6.45) is 7.49. The maximum Gasteiger partial charge on any atom is 0.332 e. The van der Waals surface area contributed by atoms with Crippen molar-refractivity contribution in [3.63, 3.8) is 0 Å². The molecule has 1 aromatic carbocycles. The van der Waals surface area contributed by atoms with Crippen molar-refractivity contribution < 1.29 is 9.53 Å². The minimum absolute atomic E-state index is 0.495. The largest absolute Gasteiger partial charge is 0.444 e. The topological polar surface area (TPSA) is 53.3 Å². The molecular formula is C18H22N2O2. The highest BCUT2D eigenvalue weighted by Gasteiger charge is 2.09. The van der Waals surface area contributed by atoms with E-state index in [-0.39, 0.29) is 0 Å². The first kappa shape index (κ1) is 16.1. The molecule has 1 aromatic rings. The molecule has 4 nitrogen and oxygen atoms in total. The molecule has 0 N–H and O–H groups in total. The maximum absolute atomic E-state index is 11.5. The molecule has 0 saturated carbocycles. The first-order chi connectivity index (χ1) is 10.7. The second-order valence-electron chi connectivity index (χ2n) is 5.53. The van der Waals surface area contributed by atoms with E-state index in [1.165, 1.54) is 37.4 Å². The molecule has 0 bridgehead atoms. The summed E-state index contributed by atoms with van der Waals surface area (Å²) < 4.78 is 4.86. The van der Waals surface area contributed by atoms with Gasteiger partial charge in [-0.15, -0.1) is 0 Å². The summed E-state index contributed by atoms with van der Waals surface area (Å²) in [5, 5.41) is 8.59. The number of anilines is 1. The Kier molecular flexibility index (Phi) is 6.02. The van der Waals surface area contributed by atoms with Crippen LogP contribution < -0.4 is 4.90 Å². The van der Waals surface area contributed by atoms with E-state index in [1.54, 1.807) is 13.0 Å². The predicted octanol–water partition coefficient (Wildman–Crippen LogP) is 3.54. The second kappa shape index (κ2) is 8.23. The van der Waals surface area contributed by atoms with Crippen molar-refractivity contribution in [1.29, 1.82) is 5.26 Å². The van der Waals surface area contributed by atoms with Crippen molar-refractivity contribution in [2.24, 2.45) is 0 Å². The average Bonchev–Trinajstić information content (AvgIpc) is 2.82. The van der Waals surface area contributed by atoms with Crippen molar-refractivity contribution in [1.82, 2.24) is 0 Å². The van der Waals surface area contributed by atoms with Crippen LogP contribution in [0.4, 0.5) is 5.69 Å². The fourth-order valence-electron chi connectivity index (χ4n) is 2.53. The van der Waals surface area contributed by atoms with E-state index in [0.717, 1.165) is 18.7 Å². The molecule has 0 unspecified atom stereocenters. The molecule has 1 fully saturated rings. The van der Waals surface area contributed by atoms with Gasteiger partial charge in [0, 0.05) is 24.9 Å². The van der Waals surface area contributed by atoms with Crippen LogP contribution in [0.5, 0.6) is 0 Å². The third-order valence-electron chi connectivity index (χ3n) is 3.75. The quantitative estimate of drug-likeness (QED) is 0.630. The third-order valence-corrected chi connectivity index (χ3v) is 3.75. The van der Waals surface area contributed by atoms with Gasteiger partial charge in [0.1, 0.15) is 6.07 Å². The zero-order valence-corrected chi connectivity index (χ0v) is 13.0. The summed E-state index contributed by atoms with van der Waals surface area (Å²) in [5.74, 6) is -0.495. The van der Waals surface area contributed by atoms with Gasteiger partial charge in [0.25, 0.3) is 0 Å². The van der Waals surface area contributed by atoms with Gasteiger partial charge in [-0.1, -0.05) is 25.0 Å². The predicted molar refractivity (Wildman–Crippen MR) is 87.3 cm³/mol. The molecule has 116 valence electrons. The van der Waals surface area contributed by atoms with E-state index in [2.05, 4.69) is 17.0 Å². The average molecular weight is 298 g/mol. The van der Waals surface area contributed by atoms with Crippen LogP contribution in [0.25, 0.3) is 6.08 Å². The van der Waals surface area contributed by atoms with Crippen LogP contribution in [0.2, 0.25) is 0 Å². The van der Waals surface area contributed by atoms with Gasteiger partial charge in [0.15, 0.2) is 6.10 Å². The molecule has 1 heterocycles. The molecular weight excluding hydrogens is 276 g/mol. The number of nitriles is 1. The van der Waals surface area contributed by atoms with E-state index in [1.807, 2.05) is 18.2 Å². The van der Waals surface area contributed by atoms with E-state index in [9.17, 15) is 4.79 Å². The van der Waals surface area contributed by atoms with Gasteiger partial charge in [0.2, 0.25) is 0 Å². The number of esters is 1. The van der Waals surface area contributed by atoms with Gasteiger partial charge in [0.05, 0.1) is 0 Å². The number of rotatable bonds is 4. The van der Waals surface area contributed by atoms with Crippen LogP contribution in [0.3, 0.4) is 0 Å². The number of carbonyl (C=O) groups excluding carboxylic acids is 1. The number of hydrogen-bond acceptors (Lipinski definition) is 4. The number of benzene rings is 1. The zero-order chi connectivity index (χ0) is 15.8. The number of nitrogens with zero attached hydrogens (tertiary/aromatic N) is 2. The molecule has 1 aliphatic heterocycles. The van der Waals surface area contributed by atoms with Gasteiger partial charge in [-0.3, -0.25) is 0 Å². The van der Waals surface area contributed by atoms with E-state index >= 15 is 0 Å². The molecule has 0 radical (unpaired) electrons. The molecule has 1 atom stereocenters. The van der Waals surface area contributed by atoms with Gasteiger partial charge in [-0.25, -0.2) is 4.79 Å². The zero-order valence-electron chi connectivity index (χ0n) is 13.0. The fourth-order valence-corrected chi connectivity index (χ4v) is 2.53. The van der Waals surface area contributed by atoms with E-state index in [0.29, 0.717) is 0 Å². The van der Waals surface area contributed by atoms with E-state index < -0.39 is 12.1 Å².